The first-order valence-electron chi connectivity index (χ1n) is 6.45. The molecule has 1 N–H and O–H groups in total. The molecule has 0 amide bonds. The van der Waals surface area contributed by atoms with E-state index in [1.807, 2.05) is 0 Å². The molecule has 0 saturated carbocycles. The summed E-state index contributed by atoms with van der Waals surface area (Å²) in [7, 11) is 0. The summed E-state index contributed by atoms with van der Waals surface area (Å²) in [6.07, 6.45) is 3.76. The van der Waals surface area contributed by atoms with Crippen molar-refractivity contribution >= 4 is 11.7 Å². The van der Waals surface area contributed by atoms with Crippen LogP contribution in [0, 0.1) is 5.82 Å². The van der Waals surface area contributed by atoms with Gasteiger partial charge in [-0.3, -0.25) is 14.7 Å². The van der Waals surface area contributed by atoms with Crippen LogP contribution in [0.5, 0.6) is 0 Å². The zero-order valence-corrected chi connectivity index (χ0v) is 10.8. The number of aromatic nitrogens is 1. The molecule has 2 heterocycles. The first-order valence-corrected chi connectivity index (χ1v) is 6.45. The second-order valence-electron chi connectivity index (χ2n) is 4.69. The number of halogens is 1. The van der Waals surface area contributed by atoms with Gasteiger partial charge in [-0.15, -0.1) is 0 Å². The number of rotatable bonds is 5. The molecular formula is C13H18FN3O2. The zero-order valence-electron chi connectivity index (χ0n) is 10.8. The van der Waals surface area contributed by atoms with Gasteiger partial charge < -0.3 is 10.0 Å². The lowest BCUT2D eigenvalue weighted by Crippen LogP contribution is -2.46. The van der Waals surface area contributed by atoms with Gasteiger partial charge >= 0.3 is 5.97 Å². The maximum absolute atomic E-state index is 13.1. The summed E-state index contributed by atoms with van der Waals surface area (Å²) in [6, 6.07) is 1.49. The number of aliphatic carboxylic acids is 1. The van der Waals surface area contributed by atoms with Gasteiger partial charge in [-0.1, -0.05) is 0 Å². The Morgan fingerprint density at radius 1 is 1.32 bits per heavy atom. The van der Waals surface area contributed by atoms with Crippen molar-refractivity contribution in [2.45, 2.75) is 12.8 Å². The average Bonchev–Trinajstić information content (AvgIpc) is 2.39. The third kappa shape index (κ3) is 4.17. The minimum absolute atomic E-state index is 0.216. The number of carbonyl (C=O) groups is 1. The minimum Gasteiger partial charge on any atom is -0.481 e. The lowest BCUT2D eigenvalue weighted by atomic mass is 10.2. The maximum Gasteiger partial charge on any atom is 0.303 e. The van der Waals surface area contributed by atoms with E-state index in [-0.39, 0.29) is 12.2 Å². The van der Waals surface area contributed by atoms with Gasteiger partial charge in [-0.25, -0.2) is 4.39 Å². The second kappa shape index (κ2) is 6.47. The van der Waals surface area contributed by atoms with E-state index in [2.05, 4.69) is 14.8 Å². The van der Waals surface area contributed by atoms with E-state index in [1.165, 1.54) is 12.3 Å². The number of carboxylic acid groups (broad SMARTS) is 1. The Labute approximate surface area is 111 Å². The van der Waals surface area contributed by atoms with Crippen LogP contribution >= 0.6 is 0 Å². The molecule has 0 aromatic carbocycles. The Balaban J connectivity index is 1.77. The van der Waals surface area contributed by atoms with Crippen molar-refractivity contribution in [3.63, 3.8) is 0 Å². The van der Waals surface area contributed by atoms with Gasteiger partial charge in [0, 0.05) is 38.7 Å². The highest BCUT2D eigenvalue weighted by Gasteiger charge is 2.17. The van der Waals surface area contributed by atoms with Crippen LogP contribution in [0.1, 0.15) is 12.8 Å². The van der Waals surface area contributed by atoms with Crippen molar-refractivity contribution in [3.05, 3.63) is 24.3 Å². The molecule has 1 aliphatic heterocycles. The fourth-order valence-electron chi connectivity index (χ4n) is 2.26. The number of anilines is 1. The number of carboxylic acids is 1. The van der Waals surface area contributed by atoms with Crippen molar-refractivity contribution in [2.75, 3.05) is 37.6 Å². The topological polar surface area (TPSA) is 56.7 Å². The Hall–Kier alpha value is -1.69. The molecule has 104 valence electrons. The predicted octanol–water partition coefficient (Wildman–Crippen LogP) is 1.21. The van der Waals surface area contributed by atoms with Gasteiger partial charge in [0.1, 0.15) is 5.82 Å². The Morgan fingerprint density at radius 3 is 2.68 bits per heavy atom. The third-order valence-electron chi connectivity index (χ3n) is 3.29. The van der Waals surface area contributed by atoms with E-state index in [0.29, 0.717) is 6.42 Å². The van der Waals surface area contributed by atoms with Crippen LogP contribution < -0.4 is 4.90 Å². The van der Waals surface area contributed by atoms with Gasteiger partial charge in [0.05, 0.1) is 18.1 Å². The molecule has 1 aromatic rings. The Kier molecular flexibility index (Phi) is 4.68. The molecule has 1 saturated heterocycles. The summed E-state index contributed by atoms with van der Waals surface area (Å²) in [6.45, 7) is 4.18. The molecule has 0 aliphatic carbocycles. The van der Waals surface area contributed by atoms with Crippen LogP contribution in [0.15, 0.2) is 18.5 Å². The molecule has 5 nitrogen and oxygen atoms in total. The second-order valence-corrected chi connectivity index (χ2v) is 4.69. The van der Waals surface area contributed by atoms with Gasteiger partial charge in [0.2, 0.25) is 0 Å². The lowest BCUT2D eigenvalue weighted by molar-refractivity contribution is -0.137. The van der Waals surface area contributed by atoms with Crippen molar-refractivity contribution in [2.24, 2.45) is 0 Å². The van der Waals surface area contributed by atoms with Crippen LogP contribution in [0.25, 0.3) is 0 Å². The number of pyridine rings is 1. The third-order valence-corrected chi connectivity index (χ3v) is 3.29. The van der Waals surface area contributed by atoms with E-state index in [4.69, 9.17) is 5.11 Å². The van der Waals surface area contributed by atoms with E-state index in [9.17, 15) is 9.18 Å². The van der Waals surface area contributed by atoms with Crippen LogP contribution in [-0.2, 0) is 4.79 Å². The Bertz CT molecular complexity index is 434. The number of nitrogens with zero attached hydrogens (tertiary/aromatic N) is 3. The summed E-state index contributed by atoms with van der Waals surface area (Å²) < 4.78 is 13.1. The average molecular weight is 267 g/mol. The van der Waals surface area contributed by atoms with Crippen molar-refractivity contribution in [3.8, 4) is 0 Å². The largest absolute Gasteiger partial charge is 0.481 e. The minimum atomic E-state index is -0.746. The monoisotopic (exact) mass is 267 g/mol. The normalized spacial score (nSPS) is 16.6. The molecule has 2 rings (SSSR count). The van der Waals surface area contributed by atoms with Gasteiger partial charge in [-0.2, -0.15) is 0 Å². The molecule has 19 heavy (non-hydrogen) atoms. The maximum atomic E-state index is 13.1. The highest BCUT2D eigenvalue weighted by Crippen LogP contribution is 2.16. The fraction of sp³-hybridized carbons (Fsp3) is 0.538. The van der Waals surface area contributed by atoms with Crippen LogP contribution in [0.3, 0.4) is 0 Å². The molecule has 1 fully saturated rings. The molecule has 0 bridgehead atoms. The van der Waals surface area contributed by atoms with E-state index >= 15 is 0 Å². The molecule has 0 radical (unpaired) electrons. The summed E-state index contributed by atoms with van der Waals surface area (Å²) in [5.74, 6) is -1.06. The van der Waals surface area contributed by atoms with Crippen LogP contribution in [0.2, 0.25) is 0 Å². The highest BCUT2D eigenvalue weighted by atomic mass is 19.1. The molecule has 6 heteroatoms. The summed E-state index contributed by atoms with van der Waals surface area (Å²) in [4.78, 5) is 18.6. The quantitative estimate of drug-likeness (QED) is 0.869. The summed E-state index contributed by atoms with van der Waals surface area (Å²) in [5, 5.41) is 8.59. The smallest absolute Gasteiger partial charge is 0.303 e. The molecule has 0 unspecified atom stereocenters. The standard InChI is InChI=1S/C13H18FN3O2/c14-11-8-12(10-15-9-11)17-6-4-16(5-7-17)3-1-2-13(18)19/h8-10H,1-7H2,(H,18,19). The number of piperazine rings is 1. The van der Waals surface area contributed by atoms with Crippen molar-refractivity contribution < 1.29 is 14.3 Å². The van der Waals surface area contributed by atoms with E-state index < -0.39 is 5.97 Å². The molecule has 0 atom stereocenters. The molecule has 1 aliphatic rings. The van der Waals surface area contributed by atoms with Gasteiger partial charge in [-0.05, 0) is 13.0 Å². The molecule has 1 aromatic heterocycles. The van der Waals surface area contributed by atoms with E-state index in [0.717, 1.165) is 38.4 Å². The van der Waals surface area contributed by atoms with E-state index in [1.54, 1.807) is 6.20 Å². The van der Waals surface area contributed by atoms with Crippen molar-refractivity contribution in [1.29, 1.82) is 0 Å². The summed E-state index contributed by atoms with van der Waals surface area (Å²) >= 11 is 0. The predicted molar refractivity (Wildman–Crippen MR) is 69.7 cm³/mol. The lowest BCUT2D eigenvalue weighted by Gasteiger charge is -2.35. The number of hydrogen-bond donors (Lipinski definition) is 1. The first kappa shape index (κ1) is 13.7. The fourth-order valence-corrected chi connectivity index (χ4v) is 2.26. The highest BCUT2D eigenvalue weighted by molar-refractivity contribution is 5.66. The first-order chi connectivity index (χ1) is 9.15. The van der Waals surface area contributed by atoms with Gasteiger partial charge in [0.25, 0.3) is 0 Å². The van der Waals surface area contributed by atoms with Crippen molar-refractivity contribution in [1.82, 2.24) is 9.88 Å². The molecule has 0 spiro atoms. The SMILES string of the molecule is O=C(O)CCCN1CCN(c2cncc(F)c2)CC1. The van der Waals surface area contributed by atoms with Crippen LogP contribution in [-0.4, -0.2) is 53.7 Å². The Morgan fingerprint density at radius 2 is 2.05 bits per heavy atom. The number of hydrogen-bond acceptors (Lipinski definition) is 4. The zero-order chi connectivity index (χ0) is 13.7. The molecular weight excluding hydrogens is 249 g/mol. The van der Waals surface area contributed by atoms with Gasteiger partial charge in [0.15, 0.2) is 0 Å². The summed E-state index contributed by atoms with van der Waals surface area (Å²) in [5.41, 5.74) is 0.810. The van der Waals surface area contributed by atoms with Crippen LogP contribution in [0.4, 0.5) is 10.1 Å².